The van der Waals surface area contributed by atoms with Gasteiger partial charge in [0, 0.05) is 11.1 Å². The second-order valence-electron chi connectivity index (χ2n) is 8.09. The van der Waals surface area contributed by atoms with Gasteiger partial charge in [-0.1, -0.05) is 19.1 Å². The molecule has 29 heavy (non-hydrogen) atoms. The molecule has 0 aliphatic carbocycles. The van der Waals surface area contributed by atoms with Crippen molar-refractivity contribution in [3.05, 3.63) is 42.2 Å². The minimum atomic E-state index is -3.40. The smallest absolute Gasteiger partial charge is 0.494 e. The molecule has 0 aromatic heterocycles. The molecule has 0 unspecified atom stereocenters. The quantitative estimate of drug-likeness (QED) is 0.692. The molecule has 1 saturated heterocycles. The molecule has 2 aromatic rings. The van der Waals surface area contributed by atoms with Crippen molar-refractivity contribution in [3.8, 4) is 16.9 Å². The lowest BCUT2D eigenvalue weighted by Crippen LogP contribution is -2.41. The van der Waals surface area contributed by atoms with Gasteiger partial charge in [-0.2, -0.15) is 0 Å². The Morgan fingerprint density at radius 3 is 2.17 bits per heavy atom. The summed E-state index contributed by atoms with van der Waals surface area (Å²) in [5.74, 6) is -0.194. The van der Waals surface area contributed by atoms with E-state index >= 15 is 0 Å². The fourth-order valence-corrected chi connectivity index (χ4v) is 4.02. The van der Waals surface area contributed by atoms with Gasteiger partial charge >= 0.3 is 7.12 Å². The van der Waals surface area contributed by atoms with E-state index in [0.717, 1.165) is 0 Å². The first-order chi connectivity index (χ1) is 13.4. The molecule has 3 rings (SSSR count). The molecular formula is C21H26BFO5S. The van der Waals surface area contributed by atoms with E-state index in [9.17, 15) is 12.8 Å². The maximum absolute atomic E-state index is 14.7. The van der Waals surface area contributed by atoms with Gasteiger partial charge in [-0.3, -0.25) is 0 Å². The number of hydrogen-bond acceptors (Lipinski definition) is 5. The Hall–Kier alpha value is -1.90. The molecular weight excluding hydrogens is 394 g/mol. The second kappa shape index (κ2) is 7.41. The highest BCUT2D eigenvalue weighted by Crippen LogP contribution is 2.38. The van der Waals surface area contributed by atoms with Gasteiger partial charge in [0.2, 0.25) is 0 Å². The molecule has 5 nitrogen and oxygen atoms in total. The molecule has 0 spiro atoms. The van der Waals surface area contributed by atoms with Crippen molar-refractivity contribution in [2.24, 2.45) is 0 Å². The summed E-state index contributed by atoms with van der Waals surface area (Å²) in [7, 11) is -2.61. The zero-order valence-electron chi connectivity index (χ0n) is 17.6. The van der Waals surface area contributed by atoms with Gasteiger partial charge < -0.3 is 14.0 Å². The summed E-state index contributed by atoms with van der Waals surface area (Å²) in [6.07, 6.45) is 0. The first kappa shape index (κ1) is 21.8. The highest BCUT2D eigenvalue weighted by atomic mass is 32.2. The van der Waals surface area contributed by atoms with Crippen molar-refractivity contribution >= 4 is 22.4 Å². The normalized spacial score (nSPS) is 18.1. The molecule has 0 amide bonds. The molecule has 8 heteroatoms. The molecule has 0 radical (unpaired) electrons. The fraction of sp³-hybridized carbons (Fsp3) is 0.429. The predicted octanol–water partition coefficient (Wildman–Crippen LogP) is 3.59. The van der Waals surface area contributed by atoms with Crippen LogP contribution in [-0.2, 0) is 19.1 Å². The molecule has 0 bridgehead atoms. The minimum Gasteiger partial charge on any atom is -0.496 e. The van der Waals surface area contributed by atoms with Crippen molar-refractivity contribution in [3.63, 3.8) is 0 Å². The third kappa shape index (κ3) is 3.93. The lowest BCUT2D eigenvalue weighted by molar-refractivity contribution is 0.00578. The van der Waals surface area contributed by atoms with Crippen LogP contribution in [0.4, 0.5) is 4.39 Å². The van der Waals surface area contributed by atoms with E-state index in [2.05, 4.69) is 0 Å². The van der Waals surface area contributed by atoms with Gasteiger partial charge in [-0.25, -0.2) is 12.8 Å². The summed E-state index contributed by atoms with van der Waals surface area (Å²) < 4.78 is 56.5. The third-order valence-corrected chi connectivity index (χ3v) is 7.45. The topological polar surface area (TPSA) is 61.8 Å². The predicted molar refractivity (Wildman–Crippen MR) is 112 cm³/mol. The Morgan fingerprint density at radius 1 is 1.00 bits per heavy atom. The molecule has 1 aliphatic rings. The zero-order chi connectivity index (χ0) is 21.6. The van der Waals surface area contributed by atoms with Crippen LogP contribution in [0.5, 0.6) is 5.75 Å². The van der Waals surface area contributed by atoms with Crippen molar-refractivity contribution in [1.29, 1.82) is 0 Å². The van der Waals surface area contributed by atoms with Crippen LogP contribution in [0, 0.1) is 5.82 Å². The molecule has 0 N–H and O–H groups in total. The van der Waals surface area contributed by atoms with Crippen molar-refractivity contribution in [2.75, 3.05) is 12.9 Å². The van der Waals surface area contributed by atoms with E-state index in [0.29, 0.717) is 11.0 Å². The van der Waals surface area contributed by atoms with Crippen molar-refractivity contribution in [1.82, 2.24) is 0 Å². The second-order valence-corrected chi connectivity index (χ2v) is 10.4. The molecule has 0 saturated carbocycles. The first-order valence-corrected chi connectivity index (χ1v) is 11.1. The number of rotatable bonds is 5. The molecule has 1 aliphatic heterocycles. The highest BCUT2D eigenvalue weighted by molar-refractivity contribution is 7.91. The molecule has 156 valence electrons. The summed E-state index contributed by atoms with van der Waals surface area (Å²) in [6.45, 7) is 9.38. The summed E-state index contributed by atoms with van der Waals surface area (Å²) in [6, 6.07) is 9.10. The maximum atomic E-state index is 14.7. The summed E-state index contributed by atoms with van der Waals surface area (Å²) in [5, 5.41) is 0. The van der Waals surface area contributed by atoms with Crippen LogP contribution in [0.25, 0.3) is 11.1 Å². The van der Waals surface area contributed by atoms with Gasteiger partial charge in [0.15, 0.2) is 9.84 Å². The lowest BCUT2D eigenvalue weighted by atomic mass is 9.78. The van der Waals surface area contributed by atoms with Gasteiger partial charge in [0.25, 0.3) is 0 Å². The molecule has 2 aromatic carbocycles. The summed E-state index contributed by atoms with van der Waals surface area (Å²) in [4.78, 5) is 0.142. The number of sulfone groups is 1. The largest absolute Gasteiger partial charge is 0.496 e. The van der Waals surface area contributed by atoms with Crippen LogP contribution in [0.15, 0.2) is 41.3 Å². The van der Waals surface area contributed by atoms with Crippen LogP contribution in [0.1, 0.15) is 34.6 Å². The first-order valence-electron chi connectivity index (χ1n) is 9.48. The average Bonchev–Trinajstić information content (AvgIpc) is 2.89. The molecule has 1 fully saturated rings. The lowest BCUT2D eigenvalue weighted by Gasteiger charge is -2.32. The van der Waals surface area contributed by atoms with Crippen LogP contribution in [-0.4, -0.2) is 39.6 Å². The number of benzene rings is 2. The summed E-state index contributed by atoms with van der Waals surface area (Å²) >= 11 is 0. The Labute approximate surface area is 172 Å². The molecule has 0 atom stereocenters. The van der Waals surface area contributed by atoms with Gasteiger partial charge in [0.05, 0.1) is 29.0 Å². The molecule has 1 heterocycles. The van der Waals surface area contributed by atoms with E-state index in [-0.39, 0.29) is 22.0 Å². The van der Waals surface area contributed by atoms with E-state index in [1.807, 2.05) is 27.7 Å². The third-order valence-electron chi connectivity index (χ3n) is 5.72. The number of halogens is 1. The van der Waals surface area contributed by atoms with E-state index in [4.69, 9.17) is 14.0 Å². The maximum Gasteiger partial charge on any atom is 0.494 e. The zero-order valence-corrected chi connectivity index (χ0v) is 18.4. The Kier molecular flexibility index (Phi) is 5.58. The van der Waals surface area contributed by atoms with Crippen LogP contribution < -0.4 is 10.2 Å². The van der Waals surface area contributed by atoms with Crippen molar-refractivity contribution in [2.45, 2.75) is 50.7 Å². The van der Waals surface area contributed by atoms with Crippen LogP contribution >= 0.6 is 0 Å². The fourth-order valence-electron chi connectivity index (χ4n) is 3.13. The monoisotopic (exact) mass is 420 g/mol. The highest BCUT2D eigenvalue weighted by Gasteiger charge is 2.51. The standard InChI is InChI=1S/C21H26BFO5S/c1-7-29(24,25)15-9-10-16(19(13-15)26-6)17-12-14(8-11-18(17)23)22-27-20(2,3)21(4,5)28-22/h8-13H,7H2,1-6H3. The Bertz CT molecular complexity index is 1020. The van der Waals surface area contributed by atoms with E-state index in [1.165, 1.54) is 25.3 Å². The van der Waals surface area contributed by atoms with Crippen LogP contribution in [0.2, 0.25) is 0 Å². The summed E-state index contributed by atoms with van der Waals surface area (Å²) in [5.41, 5.74) is 0.389. The number of hydrogen-bond donors (Lipinski definition) is 0. The van der Waals surface area contributed by atoms with Gasteiger partial charge in [0.1, 0.15) is 11.6 Å². The number of methoxy groups -OCH3 is 1. The number of ether oxygens (including phenoxy) is 1. The Balaban J connectivity index is 2.06. The Morgan fingerprint density at radius 2 is 1.62 bits per heavy atom. The van der Waals surface area contributed by atoms with Gasteiger partial charge in [-0.05, 0) is 57.4 Å². The van der Waals surface area contributed by atoms with E-state index in [1.54, 1.807) is 25.1 Å². The van der Waals surface area contributed by atoms with E-state index < -0.39 is 34.0 Å². The average molecular weight is 420 g/mol. The van der Waals surface area contributed by atoms with Crippen LogP contribution in [0.3, 0.4) is 0 Å². The van der Waals surface area contributed by atoms with Crippen molar-refractivity contribution < 1.29 is 26.9 Å². The minimum absolute atomic E-state index is 0.0265. The SMILES string of the molecule is CCS(=O)(=O)c1ccc(-c2cc(B3OC(C)(C)C(C)(C)O3)ccc2F)c(OC)c1. The van der Waals surface area contributed by atoms with Gasteiger partial charge in [-0.15, -0.1) is 0 Å².